The van der Waals surface area contributed by atoms with Crippen LogP contribution < -0.4 is 4.90 Å². The molecule has 1 heteroatoms. The molecule has 1 nitrogen and oxygen atoms in total. The van der Waals surface area contributed by atoms with Gasteiger partial charge in [0.05, 0.1) is 0 Å². The summed E-state index contributed by atoms with van der Waals surface area (Å²) in [4.78, 5) is 2.30. The van der Waals surface area contributed by atoms with E-state index in [-0.39, 0.29) is 0 Å². The number of allylic oxidation sites excluding steroid dienone is 6. The number of rotatable bonds is 4. The van der Waals surface area contributed by atoms with Crippen molar-refractivity contribution in [3.63, 3.8) is 0 Å². The first-order chi connectivity index (χ1) is 16.1. The summed E-state index contributed by atoms with van der Waals surface area (Å²) in [5, 5.41) is 0. The van der Waals surface area contributed by atoms with Crippen LogP contribution in [-0.2, 0) is 6.42 Å². The van der Waals surface area contributed by atoms with E-state index in [1.54, 1.807) is 5.57 Å². The lowest BCUT2D eigenvalue weighted by Gasteiger charge is -2.10. The standard InChI is InChI=1S/C11H16.C10H10.C9H11N.C2H6/c1-3-7-11-9-6-4-5-8-10(11)2;1-3-9-5-7-10(4-2)8-6-9;1-10-7-6-8-4-2-3-5-9(8)10;1-2/h4-6,8H,3,7,9H2,1-2H3;3-8H,1-2H2;2-5H,6-7H2,1H3;1-2H3. The molecule has 0 bridgehead atoms. The van der Waals surface area contributed by atoms with Crippen molar-refractivity contribution in [1.29, 1.82) is 0 Å². The van der Waals surface area contributed by atoms with Crippen LogP contribution in [0.3, 0.4) is 0 Å². The predicted octanol–water partition coefficient (Wildman–Crippen LogP) is 9.30. The van der Waals surface area contributed by atoms with E-state index in [4.69, 9.17) is 0 Å². The van der Waals surface area contributed by atoms with Crippen molar-refractivity contribution < 1.29 is 0 Å². The number of anilines is 1. The number of fused-ring (bicyclic) bond motifs is 1. The number of hydrogen-bond acceptors (Lipinski definition) is 1. The first-order valence-electron chi connectivity index (χ1n) is 12.2. The fraction of sp³-hybridized carbons (Fsp3) is 0.312. The second-order valence-corrected chi connectivity index (χ2v) is 7.90. The van der Waals surface area contributed by atoms with Crippen LogP contribution in [0.2, 0.25) is 0 Å². The maximum absolute atomic E-state index is 3.66. The molecule has 2 aromatic rings. The zero-order valence-corrected chi connectivity index (χ0v) is 21.5. The van der Waals surface area contributed by atoms with Crippen LogP contribution >= 0.6 is 0 Å². The first-order valence-corrected chi connectivity index (χ1v) is 12.2. The quantitative estimate of drug-likeness (QED) is 0.457. The molecule has 2 aliphatic rings. The maximum Gasteiger partial charge on any atom is 0.0396 e. The normalized spacial score (nSPS) is 13.3. The molecule has 4 rings (SSSR count). The van der Waals surface area contributed by atoms with Gasteiger partial charge in [0.1, 0.15) is 0 Å². The van der Waals surface area contributed by atoms with E-state index < -0.39 is 0 Å². The molecular weight excluding hydrogens is 398 g/mol. The first kappa shape index (κ1) is 28.0. The van der Waals surface area contributed by atoms with Crippen LogP contribution in [0.15, 0.2) is 97.1 Å². The highest BCUT2D eigenvalue weighted by atomic mass is 15.1. The van der Waals surface area contributed by atoms with Crippen LogP contribution in [-0.4, -0.2) is 13.6 Å². The van der Waals surface area contributed by atoms with Crippen molar-refractivity contribution in [1.82, 2.24) is 0 Å². The Morgan fingerprint density at radius 3 is 2.06 bits per heavy atom. The summed E-state index contributed by atoms with van der Waals surface area (Å²) in [5.74, 6) is 0. The fourth-order valence-electron chi connectivity index (χ4n) is 3.64. The summed E-state index contributed by atoms with van der Waals surface area (Å²) >= 11 is 0. The molecule has 0 saturated heterocycles. The van der Waals surface area contributed by atoms with Gasteiger partial charge in [-0.05, 0) is 48.9 Å². The molecule has 0 unspecified atom stereocenters. The van der Waals surface area contributed by atoms with Gasteiger partial charge in [-0.15, -0.1) is 0 Å². The highest BCUT2D eigenvalue weighted by molar-refractivity contribution is 5.57. The predicted molar refractivity (Wildman–Crippen MR) is 152 cm³/mol. The molecule has 176 valence electrons. The van der Waals surface area contributed by atoms with E-state index in [0.717, 1.165) is 17.5 Å². The Kier molecular flexibility index (Phi) is 14.0. The van der Waals surface area contributed by atoms with Crippen molar-refractivity contribution in [3.05, 3.63) is 114 Å². The van der Waals surface area contributed by atoms with Crippen molar-refractivity contribution >= 4 is 17.8 Å². The van der Waals surface area contributed by atoms with Crippen LogP contribution in [0.4, 0.5) is 5.69 Å². The monoisotopic (exact) mass is 441 g/mol. The third kappa shape index (κ3) is 9.95. The smallest absolute Gasteiger partial charge is 0.0396 e. The SMILES string of the molecule is C=Cc1ccc(C=C)cc1.CC.CCCC1=C(C)C=CC=CC1.CN1CCc2ccccc21. The zero-order chi connectivity index (χ0) is 24.5. The molecule has 0 saturated carbocycles. The molecule has 2 aromatic carbocycles. The van der Waals surface area contributed by atoms with Crippen molar-refractivity contribution in [2.75, 3.05) is 18.5 Å². The molecule has 1 aliphatic heterocycles. The van der Waals surface area contributed by atoms with Gasteiger partial charge in [0, 0.05) is 19.3 Å². The Morgan fingerprint density at radius 1 is 0.909 bits per heavy atom. The molecule has 0 amide bonds. The van der Waals surface area contributed by atoms with Gasteiger partial charge in [-0.25, -0.2) is 0 Å². The van der Waals surface area contributed by atoms with Crippen molar-refractivity contribution in [2.24, 2.45) is 0 Å². The number of likely N-dealkylation sites (N-methyl/N-ethyl adjacent to an activating group) is 1. The number of hydrogen-bond donors (Lipinski definition) is 0. The van der Waals surface area contributed by atoms with E-state index in [9.17, 15) is 0 Å². The Labute approximate surface area is 203 Å². The van der Waals surface area contributed by atoms with E-state index in [1.807, 2.05) is 50.3 Å². The van der Waals surface area contributed by atoms with Gasteiger partial charge in [-0.2, -0.15) is 0 Å². The van der Waals surface area contributed by atoms with Crippen molar-refractivity contribution in [3.8, 4) is 0 Å². The average Bonchev–Trinajstić information content (AvgIpc) is 3.13. The molecule has 0 atom stereocenters. The highest BCUT2D eigenvalue weighted by Crippen LogP contribution is 2.25. The van der Waals surface area contributed by atoms with Crippen LogP contribution in [0.5, 0.6) is 0 Å². The van der Waals surface area contributed by atoms with E-state index >= 15 is 0 Å². The fourth-order valence-corrected chi connectivity index (χ4v) is 3.64. The third-order valence-corrected chi connectivity index (χ3v) is 5.59. The molecular formula is C32H43N. The summed E-state index contributed by atoms with van der Waals surface area (Å²) in [6.45, 7) is 16.9. The van der Waals surface area contributed by atoms with Crippen LogP contribution in [0.25, 0.3) is 12.2 Å². The van der Waals surface area contributed by atoms with Gasteiger partial charge in [0.25, 0.3) is 0 Å². The summed E-state index contributed by atoms with van der Waals surface area (Å²) in [6, 6.07) is 16.7. The minimum absolute atomic E-state index is 1.14. The maximum atomic E-state index is 3.66. The van der Waals surface area contributed by atoms with Gasteiger partial charge in [-0.1, -0.05) is 130 Å². The molecule has 0 fully saturated rings. The largest absolute Gasteiger partial charge is 0.374 e. The molecule has 0 aromatic heterocycles. The van der Waals surface area contributed by atoms with Gasteiger partial charge in [0.2, 0.25) is 0 Å². The van der Waals surface area contributed by atoms with Gasteiger partial charge in [-0.3, -0.25) is 0 Å². The number of para-hydroxylation sites is 1. The van der Waals surface area contributed by atoms with Gasteiger partial charge >= 0.3 is 0 Å². The zero-order valence-electron chi connectivity index (χ0n) is 21.5. The Hall–Kier alpha value is -3.06. The second kappa shape index (κ2) is 16.6. The van der Waals surface area contributed by atoms with E-state index in [1.165, 1.54) is 42.6 Å². The third-order valence-electron chi connectivity index (χ3n) is 5.59. The molecule has 33 heavy (non-hydrogen) atoms. The summed E-state index contributed by atoms with van der Waals surface area (Å²) in [7, 11) is 2.14. The lowest BCUT2D eigenvalue weighted by Crippen LogP contribution is -2.12. The summed E-state index contributed by atoms with van der Waals surface area (Å²) in [5.41, 5.74) is 8.23. The van der Waals surface area contributed by atoms with Crippen LogP contribution in [0, 0.1) is 0 Å². The Balaban J connectivity index is 0.000000238. The highest BCUT2D eigenvalue weighted by Gasteiger charge is 2.12. The molecule has 0 N–H and O–H groups in total. The second-order valence-electron chi connectivity index (χ2n) is 7.90. The van der Waals surface area contributed by atoms with Crippen molar-refractivity contribution in [2.45, 2.75) is 53.4 Å². The van der Waals surface area contributed by atoms with Gasteiger partial charge < -0.3 is 4.90 Å². The minimum Gasteiger partial charge on any atom is -0.374 e. The molecule has 1 heterocycles. The Morgan fingerprint density at radius 2 is 1.52 bits per heavy atom. The summed E-state index contributed by atoms with van der Waals surface area (Å²) < 4.78 is 0. The van der Waals surface area contributed by atoms with Crippen LogP contribution in [0.1, 0.15) is 63.6 Å². The molecule has 0 radical (unpaired) electrons. The number of benzene rings is 2. The van der Waals surface area contributed by atoms with Gasteiger partial charge in [0.15, 0.2) is 0 Å². The lowest BCUT2D eigenvalue weighted by atomic mass is 10.0. The summed E-state index contributed by atoms with van der Waals surface area (Å²) in [6.07, 6.45) is 17.2. The number of nitrogens with zero attached hydrogens (tertiary/aromatic N) is 1. The average molecular weight is 442 g/mol. The lowest BCUT2D eigenvalue weighted by molar-refractivity contribution is 0.870. The van der Waals surface area contributed by atoms with E-state index in [2.05, 4.69) is 87.5 Å². The Bertz CT molecular complexity index is 898. The molecule has 1 aliphatic carbocycles. The topological polar surface area (TPSA) is 3.24 Å². The van der Waals surface area contributed by atoms with E-state index in [0.29, 0.717) is 0 Å². The minimum atomic E-state index is 1.14. The molecule has 0 spiro atoms.